The molecule has 1 aliphatic rings. The molecule has 1 aromatic carbocycles. The topological polar surface area (TPSA) is 104 Å². The van der Waals surface area contributed by atoms with Crippen LogP contribution in [0.5, 0.6) is 0 Å². The van der Waals surface area contributed by atoms with Gasteiger partial charge in [0.1, 0.15) is 0 Å². The maximum Gasteiger partial charge on any atom is 0.278 e. The number of oxazole rings is 1. The van der Waals surface area contributed by atoms with Gasteiger partial charge in [0.2, 0.25) is 5.89 Å². The summed E-state index contributed by atoms with van der Waals surface area (Å²) in [5.41, 5.74) is 0.688. The van der Waals surface area contributed by atoms with Crippen LogP contribution >= 0.6 is 0 Å². The van der Waals surface area contributed by atoms with E-state index in [0.717, 1.165) is 4.31 Å². The first-order chi connectivity index (χ1) is 10.3. The van der Waals surface area contributed by atoms with Gasteiger partial charge in [0.15, 0.2) is 0 Å². The molecule has 1 aromatic heterocycles. The van der Waals surface area contributed by atoms with E-state index in [-0.39, 0.29) is 24.1 Å². The summed E-state index contributed by atoms with van der Waals surface area (Å²) in [4.78, 5) is 4.00. The fraction of sp³-hybridized carbons (Fsp3) is 0.308. The molecule has 1 atom stereocenters. The minimum absolute atomic E-state index is 0.0720. The van der Waals surface area contributed by atoms with Gasteiger partial charge in [0.25, 0.3) is 15.1 Å². The minimum Gasteiger partial charge on any atom is -0.423 e. The van der Waals surface area contributed by atoms with Crippen molar-refractivity contribution in [3.05, 3.63) is 36.5 Å². The third kappa shape index (κ3) is 2.67. The molecule has 1 N–H and O–H groups in total. The van der Waals surface area contributed by atoms with Crippen LogP contribution in [-0.2, 0) is 19.8 Å². The Bertz CT molecular complexity index is 882. The minimum atomic E-state index is -3.79. The fourth-order valence-corrected chi connectivity index (χ4v) is 4.60. The van der Waals surface area contributed by atoms with Crippen LogP contribution in [0.2, 0.25) is 0 Å². The van der Waals surface area contributed by atoms with Crippen molar-refractivity contribution >= 4 is 19.8 Å². The summed E-state index contributed by atoms with van der Waals surface area (Å²) in [6, 6.07) is 9.00. The molecular weight excluding hydrogens is 326 g/mol. The van der Waals surface area contributed by atoms with Gasteiger partial charge in [0, 0.05) is 34.6 Å². The van der Waals surface area contributed by atoms with Crippen LogP contribution in [0.15, 0.2) is 46.0 Å². The molecule has 1 saturated heterocycles. The molecule has 9 heteroatoms. The van der Waals surface area contributed by atoms with Crippen molar-refractivity contribution in [2.45, 2.75) is 10.3 Å². The zero-order chi connectivity index (χ0) is 16.0. The van der Waals surface area contributed by atoms with Crippen LogP contribution in [0.4, 0.5) is 0 Å². The molecule has 7 nitrogen and oxygen atoms in total. The van der Waals surface area contributed by atoms with Crippen LogP contribution in [0.25, 0.3) is 11.5 Å². The normalized spacial score (nSPS) is 19.5. The predicted molar refractivity (Wildman–Crippen MR) is 81.3 cm³/mol. The van der Waals surface area contributed by atoms with Crippen molar-refractivity contribution in [1.82, 2.24) is 9.29 Å². The number of rotatable bonds is 4. The van der Waals surface area contributed by atoms with Gasteiger partial charge >= 0.3 is 0 Å². The maximum absolute atomic E-state index is 12.4. The Labute approximate surface area is 129 Å². The van der Waals surface area contributed by atoms with E-state index in [1.807, 2.05) is 6.07 Å². The van der Waals surface area contributed by atoms with Gasteiger partial charge in [-0.3, -0.25) is 4.78 Å². The lowest BCUT2D eigenvalue weighted by atomic mass is 10.2. The van der Waals surface area contributed by atoms with E-state index in [0.29, 0.717) is 5.56 Å². The Hall–Kier alpha value is -1.71. The Morgan fingerprint density at radius 2 is 1.86 bits per heavy atom. The van der Waals surface area contributed by atoms with Gasteiger partial charge < -0.3 is 4.42 Å². The molecule has 1 fully saturated rings. The Morgan fingerprint density at radius 1 is 1.23 bits per heavy atom. The molecule has 1 unspecified atom stereocenters. The van der Waals surface area contributed by atoms with Crippen LogP contribution < -0.4 is 0 Å². The molecule has 2 heterocycles. The highest BCUT2D eigenvalue weighted by atomic mass is 32.2. The van der Waals surface area contributed by atoms with Gasteiger partial charge in [-0.1, -0.05) is 18.2 Å². The van der Waals surface area contributed by atoms with Gasteiger partial charge in [0.05, 0.1) is 11.4 Å². The highest BCUT2D eigenvalue weighted by Crippen LogP contribution is 2.27. The van der Waals surface area contributed by atoms with E-state index < -0.39 is 25.0 Å². The second-order valence-corrected chi connectivity index (χ2v) is 9.54. The van der Waals surface area contributed by atoms with Crippen molar-refractivity contribution in [2.24, 2.45) is 0 Å². The van der Waals surface area contributed by atoms with Crippen molar-refractivity contribution < 1.29 is 17.0 Å². The standard InChI is InChI=1S/C13H15N3O4S2/c1-21(14,17)11-8-16(9-11)22(18,19)12-7-15-13(20-12)10-5-3-2-4-6-10/h2-7,11,14H,8-9H2,1H3. The molecule has 0 saturated carbocycles. The smallest absolute Gasteiger partial charge is 0.278 e. The number of benzene rings is 1. The Morgan fingerprint density at radius 3 is 2.45 bits per heavy atom. The molecule has 0 radical (unpaired) electrons. The first-order valence-corrected chi connectivity index (χ1v) is 9.99. The van der Waals surface area contributed by atoms with E-state index >= 15 is 0 Å². The van der Waals surface area contributed by atoms with Crippen molar-refractivity contribution in [2.75, 3.05) is 19.3 Å². The average molecular weight is 341 g/mol. The molecule has 2 aromatic rings. The van der Waals surface area contributed by atoms with Crippen molar-refractivity contribution in [3.8, 4) is 11.5 Å². The van der Waals surface area contributed by atoms with E-state index in [9.17, 15) is 12.6 Å². The molecular formula is C13H15N3O4S2. The molecule has 1 aliphatic heterocycles. The monoisotopic (exact) mass is 341 g/mol. The number of hydrogen-bond donors (Lipinski definition) is 1. The first kappa shape index (κ1) is 15.2. The summed E-state index contributed by atoms with van der Waals surface area (Å²) in [6.07, 6.45) is 2.50. The van der Waals surface area contributed by atoms with Gasteiger partial charge in [-0.25, -0.2) is 17.6 Å². The van der Waals surface area contributed by atoms with Crippen LogP contribution in [0.3, 0.4) is 0 Å². The summed E-state index contributed by atoms with van der Waals surface area (Å²) in [6.45, 7) is 0.144. The summed E-state index contributed by atoms with van der Waals surface area (Å²) in [5.74, 6) is 0.232. The zero-order valence-corrected chi connectivity index (χ0v) is 13.4. The largest absolute Gasteiger partial charge is 0.423 e. The third-order valence-corrected chi connectivity index (χ3v) is 6.80. The second kappa shape index (κ2) is 5.18. The van der Waals surface area contributed by atoms with E-state index in [1.165, 1.54) is 12.5 Å². The molecule has 3 rings (SSSR count). The number of hydrogen-bond acceptors (Lipinski definition) is 6. The van der Waals surface area contributed by atoms with Gasteiger partial charge in [-0.15, -0.1) is 0 Å². The molecule has 0 amide bonds. The molecule has 0 spiro atoms. The first-order valence-electron chi connectivity index (χ1n) is 6.52. The van der Waals surface area contributed by atoms with Crippen LogP contribution in [-0.4, -0.2) is 46.5 Å². The summed E-state index contributed by atoms with van der Waals surface area (Å²) in [5, 5.41) is -0.670. The van der Waals surface area contributed by atoms with Crippen molar-refractivity contribution in [1.29, 1.82) is 4.78 Å². The Balaban J connectivity index is 1.82. The third-order valence-electron chi connectivity index (χ3n) is 3.55. The second-order valence-electron chi connectivity index (χ2n) is 5.20. The quantitative estimate of drug-likeness (QED) is 0.905. The van der Waals surface area contributed by atoms with E-state index in [2.05, 4.69) is 4.98 Å². The lowest BCUT2D eigenvalue weighted by Gasteiger charge is -2.36. The summed E-state index contributed by atoms with van der Waals surface area (Å²) < 4.78 is 50.3. The Kier molecular flexibility index (Phi) is 3.58. The number of nitrogens with one attached hydrogen (secondary N) is 1. The maximum atomic E-state index is 12.4. The van der Waals surface area contributed by atoms with E-state index in [4.69, 9.17) is 9.20 Å². The highest BCUT2D eigenvalue weighted by Gasteiger charge is 2.42. The van der Waals surface area contributed by atoms with Gasteiger partial charge in [-0.05, 0) is 12.1 Å². The summed E-state index contributed by atoms with van der Waals surface area (Å²) >= 11 is 0. The number of aromatic nitrogens is 1. The number of nitrogens with zero attached hydrogens (tertiary/aromatic N) is 2. The molecule has 0 bridgehead atoms. The van der Waals surface area contributed by atoms with Crippen LogP contribution in [0.1, 0.15) is 0 Å². The SMILES string of the molecule is CS(=N)(=O)C1CN(S(=O)(=O)c2cnc(-c3ccccc3)o2)C1. The average Bonchev–Trinajstić information content (AvgIpc) is 2.86. The fourth-order valence-electron chi connectivity index (χ4n) is 2.10. The highest BCUT2D eigenvalue weighted by molar-refractivity contribution is 7.93. The van der Waals surface area contributed by atoms with Crippen LogP contribution in [0, 0.1) is 4.78 Å². The summed E-state index contributed by atoms with van der Waals surface area (Å²) in [7, 11) is -6.52. The van der Waals surface area contributed by atoms with E-state index in [1.54, 1.807) is 24.3 Å². The van der Waals surface area contributed by atoms with Gasteiger partial charge in [-0.2, -0.15) is 4.31 Å². The molecule has 0 aliphatic carbocycles. The zero-order valence-electron chi connectivity index (χ0n) is 11.8. The van der Waals surface area contributed by atoms with Crippen molar-refractivity contribution in [3.63, 3.8) is 0 Å². The lowest BCUT2D eigenvalue weighted by Crippen LogP contribution is -2.56. The molecule has 22 heavy (non-hydrogen) atoms. The lowest BCUT2D eigenvalue weighted by molar-refractivity contribution is 0.303. The number of sulfonamides is 1. The predicted octanol–water partition coefficient (Wildman–Crippen LogP) is 1.39. The molecule has 118 valence electrons.